The molecule has 7 heteroatoms. The molecular formula is C11H7ClFN3OS. The van der Waals surface area contributed by atoms with E-state index in [9.17, 15) is 4.39 Å². The predicted molar refractivity (Wildman–Crippen MR) is 69.4 cm³/mol. The first-order valence-electron chi connectivity index (χ1n) is 4.82. The average Bonchev–Trinajstić information content (AvgIpc) is 2.34. The fraction of sp³-hybridized carbons (Fsp3) is 0. The van der Waals surface area contributed by atoms with Crippen molar-refractivity contribution in [1.29, 1.82) is 0 Å². The molecule has 4 nitrogen and oxygen atoms in total. The Kier molecular flexibility index (Phi) is 3.69. The fourth-order valence-electron chi connectivity index (χ4n) is 1.18. The van der Waals surface area contributed by atoms with Gasteiger partial charge in [0.15, 0.2) is 5.75 Å². The van der Waals surface area contributed by atoms with Crippen molar-refractivity contribution < 1.29 is 9.13 Å². The summed E-state index contributed by atoms with van der Waals surface area (Å²) in [5, 5.41) is 0.251. The Balaban J connectivity index is 2.31. The normalized spacial score (nSPS) is 10.1. The second-order valence-electron chi connectivity index (χ2n) is 3.27. The van der Waals surface area contributed by atoms with Crippen molar-refractivity contribution in [1.82, 2.24) is 9.97 Å². The highest BCUT2D eigenvalue weighted by molar-refractivity contribution is 7.80. The molecule has 0 saturated heterocycles. The van der Waals surface area contributed by atoms with E-state index in [0.717, 1.165) is 6.07 Å². The van der Waals surface area contributed by atoms with Crippen LogP contribution in [-0.2, 0) is 0 Å². The van der Waals surface area contributed by atoms with Crippen molar-refractivity contribution in [3.05, 3.63) is 47.0 Å². The smallest absolute Gasteiger partial charge is 0.322 e. The van der Waals surface area contributed by atoms with Gasteiger partial charge < -0.3 is 10.5 Å². The van der Waals surface area contributed by atoms with Crippen LogP contribution in [0.15, 0.2) is 30.5 Å². The molecule has 2 aromatic rings. The Bertz CT molecular complexity index is 609. The van der Waals surface area contributed by atoms with Crippen LogP contribution in [0.2, 0.25) is 5.02 Å². The van der Waals surface area contributed by atoms with Gasteiger partial charge in [0.25, 0.3) is 0 Å². The Labute approximate surface area is 113 Å². The molecule has 0 aliphatic heterocycles. The maximum absolute atomic E-state index is 13.0. The zero-order valence-corrected chi connectivity index (χ0v) is 10.5. The van der Waals surface area contributed by atoms with Crippen molar-refractivity contribution in [2.75, 3.05) is 0 Å². The molecule has 0 spiro atoms. The van der Waals surface area contributed by atoms with Gasteiger partial charge >= 0.3 is 6.01 Å². The summed E-state index contributed by atoms with van der Waals surface area (Å²) in [5.74, 6) is -0.350. The first kappa shape index (κ1) is 12.7. The van der Waals surface area contributed by atoms with Crippen LogP contribution in [0.25, 0.3) is 0 Å². The minimum Gasteiger partial charge on any atom is -0.423 e. The van der Waals surface area contributed by atoms with Gasteiger partial charge in [-0.05, 0) is 18.2 Å². The van der Waals surface area contributed by atoms with E-state index in [2.05, 4.69) is 9.97 Å². The summed E-state index contributed by atoms with van der Waals surface area (Å²) < 4.78 is 18.3. The molecule has 1 aromatic heterocycles. The Morgan fingerprint density at radius 1 is 1.39 bits per heavy atom. The van der Waals surface area contributed by atoms with E-state index in [-0.39, 0.29) is 21.8 Å². The molecule has 0 radical (unpaired) electrons. The minimum atomic E-state index is -0.472. The third kappa shape index (κ3) is 2.91. The van der Waals surface area contributed by atoms with E-state index >= 15 is 0 Å². The van der Waals surface area contributed by atoms with E-state index in [0.29, 0.717) is 5.69 Å². The Morgan fingerprint density at radius 3 is 2.89 bits per heavy atom. The zero-order chi connectivity index (χ0) is 13.1. The highest BCUT2D eigenvalue weighted by Crippen LogP contribution is 2.28. The summed E-state index contributed by atoms with van der Waals surface area (Å²) in [6.07, 6.45) is 1.43. The first-order valence-corrected chi connectivity index (χ1v) is 5.60. The topological polar surface area (TPSA) is 61.0 Å². The summed E-state index contributed by atoms with van der Waals surface area (Å²) in [4.78, 5) is 7.93. The molecule has 0 bridgehead atoms. The number of hydrogen-bond donors (Lipinski definition) is 1. The molecule has 0 saturated carbocycles. The summed E-state index contributed by atoms with van der Waals surface area (Å²) in [6.45, 7) is 0. The lowest BCUT2D eigenvalue weighted by molar-refractivity contribution is 0.437. The lowest BCUT2D eigenvalue weighted by Crippen LogP contribution is -2.12. The SMILES string of the molecule is NC(=S)c1ccnc(Oc2cc(F)ccc2Cl)n1. The number of nitrogens with zero attached hydrogens (tertiary/aromatic N) is 2. The van der Waals surface area contributed by atoms with Gasteiger partial charge in [-0.3, -0.25) is 0 Å². The van der Waals surface area contributed by atoms with Crippen molar-refractivity contribution in [3.8, 4) is 11.8 Å². The van der Waals surface area contributed by atoms with Gasteiger partial charge in [-0.15, -0.1) is 0 Å². The van der Waals surface area contributed by atoms with Crippen LogP contribution in [0.1, 0.15) is 5.69 Å². The largest absolute Gasteiger partial charge is 0.423 e. The van der Waals surface area contributed by atoms with Crippen LogP contribution >= 0.6 is 23.8 Å². The quantitative estimate of drug-likeness (QED) is 0.878. The van der Waals surface area contributed by atoms with Crippen LogP contribution in [0.3, 0.4) is 0 Å². The number of aromatic nitrogens is 2. The van der Waals surface area contributed by atoms with Crippen molar-refractivity contribution in [2.45, 2.75) is 0 Å². The van der Waals surface area contributed by atoms with Crippen LogP contribution in [-0.4, -0.2) is 15.0 Å². The number of rotatable bonds is 3. The lowest BCUT2D eigenvalue weighted by Gasteiger charge is -2.06. The van der Waals surface area contributed by atoms with E-state index in [1.165, 1.54) is 18.3 Å². The molecule has 0 unspecified atom stereocenters. The van der Waals surface area contributed by atoms with Gasteiger partial charge in [0.1, 0.15) is 16.5 Å². The highest BCUT2D eigenvalue weighted by atomic mass is 35.5. The van der Waals surface area contributed by atoms with Crippen LogP contribution in [0, 0.1) is 5.82 Å². The van der Waals surface area contributed by atoms with Gasteiger partial charge in [-0.2, -0.15) is 4.98 Å². The number of nitrogens with two attached hydrogens (primary N) is 1. The van der Waals surface area contributed by atoms with Gasteiger partial charge in [-0.25, -0.2) is 9.37 Å². The average molecular weight is 284 g/mol. The molecule has 0 fully saturated rings. The van der Waals surface area contributed by atoms with Crippen LogP contribution < -0.4 is 10.5 Å². The molecule has 18 heavy (non-hydrogen) atoms. The lowest BCUT2D eigenvalue weighted by atomic mass is 10.3. The summed E-state index contributed by atoms with van der Waals surface area (Å²) in [5.41, 5.74) is 5.79. The number of benzene rings is 1. The monoisotopic (exact) mass is 283 g/mol. The van der Waals surface area contributed by atoms with Crippen LogP contribution in [0.5, 0.6) is 11.8 Å². The first-order chi connectivity index (χ1) is 8.56. The second-order valence-corrected chi connectivity index (χ2v) is 4.11. The fourth-order valence-corrected chi connectivity index (χ4v) is 1.45. The van der Waals surface area contributed by atoms with Crippen LogP contribution in [0.4, 0.5) is 4.39 Å². The maximum Gasteiger partial charge on any atom is 0.322 e. The predicted octanol–water partition coefficient (Wildman–Crippen LogP) is 2.70. The Hall–Kier alpha value is -1.79. The standard InChI is InChI=1S/C11H7ClFN3OS/c12-7-2-1-6(13)5-9(7)17-11-15-4-3-8(16-11)10(14)18/h1-5H,(H2,14,18). The van der Waals surface area contributed by atoms with Crippen molar-refractivity contribution in [2.24, 2.45) is 5.73 Å². The summed E-state index contributed by atoms with van der Waals surface area (Å²) >= 11 is 10.6. The molecule has 0 aliphatic carbocycles. The number of halogens is 2. The molecular weight excluding hydrogens is 277 g/mol. The van der Waals surface area contributed by atoms with Gasteiger partial charge in [-0.1, -0.05) is 23.8 Å². The molecule has 0 aliphatic rings. The molecule has 0 atom stereocenters. The molecule has 2 N–H and O–H groups in total. The molecule has 1 aromatic carbocycles. The van der Waals surface area contributed by atoms with Gasteiger partial charge in [0.2, 0.25) is 0 Å². The van der Waals surface area contributed by atoms with E-state index in [4.69, 9.17) is 34.3 Å². The van der Waals surface area contributed by atoms with E-state index < -0.39 is 5.82 Å². The van der Waals surface area contributed by atoms with E-state index in [1.807, 2.05) is 0 Å². The third-order valence-electron chi connectivity index (χ3n) is 1.98. The maximum atomic E-state index is 13.0. The number of thiocarbonyl (C=S) groups is 1. The minimum absolute atomic E-state index is 0.00667. The summed E-state index contributed by atoms with van der Waals surface area (Å²) in [7, 11) is 0. The Morgan fingerprint density at radius 2 is 2.17 bits per heavy atom. The zero-order valence-electron chi connectivity index (χ0n) is 8.93. The second kappa shape index (κ2) is 5.24. The number of hydrogen-bond acceptors (Lipinski definition) is 4. The molecule has 1 heterocycles. The van der Waals surface area contributed by atoms with Gasteiger partial charge in [0, 0.05) is 12.3 Å². The third-order valence-corrected chi connectivity index (χ3v) is 2.50. The molecule has 2 rings (SSSR count). The summed E-state index contributed by atoms with van der Waals surface area (Å²) in [6, 6.07) is 5.28. The molecule has 92 valence electrons. The van der Waals surface area contributed by atoms with Crippen molar-refractivity contribution in [3.63, 3.8) is 0 Å². The van der Waals surface area contributed by atoms with Crippen molar-refractivity contribution >= 4 is 28.8 Å². The number of ether oxygens (including phenoxy) is 1. The van der Waals surface area contributed by atoms with E-state index in [1.54, 1.807) is 6.07 Å². The highest BCUT2D eigenvalue weighted by Gasteiger charge is 2.08. The molecule has 0 amide bonds. The van der Waals surface area contributed by atoms with Gasteiger partial charge in [0.05, 0.1) is 5.02 Å².